The molecule has 142 valence electrons. The molecule has 1 N–H and O–H groups in total. The lowest BCUT2D eigenvalue weighted by atomic mass is 10.1. The largest absolute Gasteiger partial charge is 0.457 e. The number of aliphatic hydroxyl groups excluding tert-OH is 1. The first-order valence-corrected chi connectivity index (χ1v) is 9.69. The molecule has 0 atom stereocenters. The van der Waals surface area contributed by atoms with Crippen molar-refractivity contribution >= 4 is 17.5 Å². The smallest absolute Gasteiger partial charge is 0.237 e. The van der Waals surface area contributed by atoms with E-state index >= 15 is 0 Å². The number of benzene rings is 2. The molecule has 27 heavy (non-hydrogen) atoms. The van der Waals surface area contributed by atoms with Gasteiger partial charge in [0.15, 0.2) is 0 Å². The van der Waals surface area contributed by atoms with Crippen LogP contribution in [0.2, 0.25) is 5.02 Å². The van der Waals surface area contributed by atoms with Gasteiger partial charge in [-0.25, -0.2) is 0 Å². The van der Waals surface area contributed by atoms with Gasteiger partial charge in [-0.2, -0.15) is 0 Å². The lowest BCUT2D eigenvalue weighted by Gasteiger charge is -2.33. The fourth-order valence-electron chi connectivity index (χ4n) is 3.64. The second-order valence-electron chi connectivity index (χ2n) is 7.18. The van der Waals surface area contributed by atoms with Gasteiger partial charge in [0.25, 0.3) is 0 Å². The van der Waals surface area contributed by atoms with E-state index in [1.54, 1.807) is 0 Å². The van der Waals surface area contributed by atoms with E-state index in [2.05, 4.69) is 4.90 Å². The Bertz CT molecular complexity index is 834. The van der Waals surface area contributed by atoms with E-state index in [0.29, 0.717) is 30.4 Å². The highest BCUT2D eigenvalue weighted by Crippen LogP contribution is 2.36. The lowest BCUT2D eigenvalue weighted by molar-refractivity contribution is -0.134. The molecule has 0 aliphatic carbocycles. The molecule has 2 heterocycles. The number of para-hydroxylation sites is 1. The van der Waals surface area contributed by atoms with E-state index in [1.807, 2.05) is 47.4 Å². The zero-order valence-electron chi connectivity index (χ0n) is 15.1. The summed E-state index contributed by atoms with van der Waals surface area (Å²) >= 11 is 6.42. The second-order valence-corrected chi connectivity index (χ2v) is 7.59. The molecule has 0 aromatic heterocycles. The van der Waals surface area contributed by atoms with Crippen LogP contribution in [0.4, 0.5) is 0 Å². The van der Waals surface area contributed by atoms with Gasteiger partial charge < -0.3 is 14.7 Å². The van der Waals surface area contributed by atoms with Crippen LogP contribution in [-0.2, 0) is 17.9 Å². The number of hydrogen-bond acceptors (Lipinski definition) is 4. The highest BCUT2D eigenvalue weighted by Gasteiger charge is 2.26. The maximum absolute atomic E-state index is 13.1. The number of fused-ring (bicyclic) bond motifs is 2. The fourth-order valence-corrected chi connectivity index (χ4v) is 3.86. The number of rotatable bonds is 2. The second kappa shape index (κ2) is 7.89. The number of nitrogens with zero attached hydrogens (tertiary/aromatic N) is 2. The van der Waals surface area contributed by atoms with Crippen LogP contribution in [0.5, 0.6) is 11.5 Å². The Morgan fingerprint density at radius 1 is 1.07 bits per heavy atom. The molecule has 0 radical (unpaired) electrons. The van der Waals surface area contributed by atoms with E-state index in [-0.39, 0.29) is 12.0 Å². The fraction of sp³-hybridized carbons (Fsp3) is 0.381. The molecule has 2 aliphatic heterocycles. The van der Waals surface area contributed by atoms with E-state index in [4.69, 9.17) is 16.3 Å². The summed E-state index contributed by atoms with van der Waals surface area (Å²) in [5, 5.41) is 10.3. The first-order valence-electron chi connectivity index (χ1n) is 9.31. The normalized spacial score (nSPS) is 18.1. The summed E-state index contributed by atoms with van der Waals surface area (Å²) in [5.41, 5.74) is 1.81. The molecule has 0 spiro atoms. The number of aliphatic hydroxyl groups is 1. The van der Waals surface area contributed by atoms with Gasteiger partial charge in [-0.1, -0.05) is 35.9 Å². The van der Waals surface area contributed by atoms with Crippen molar-refractivity contribution in [3.05, 3.63) is 58.6 Å². The third kappa shape index (κ3) is 4.10. The van der Waals surface area contributed by atoms with E-state index in [9.17, 15) is 9.90 Å². The number of ether oxygens (including phenoxy) is 1. The molecule has 2 aromatic rings. The SMILES string of the molecule is O=C(CN1CCC(O)CC1)N1Cc2ccccc2Oc2cccc(Cl)c2C1. The van der Waals surface area contributed by atoms with Crippen LogP contribution in [-0.4, -0.2) is 46.6 Å². The Labute approximate surface area is 164 Å². The van der Waals surface area contributed by atoms with Gasteiger partial charge in [0.2, 0.25) is 5.91 Å². The third-order valence-electron chi connectivity index (χ3n) is 5.25. The van der Waals surface area contributed by atoms with Crippen molar-refractivity contribution in [3.63, 3.8) is 0 Å². The van der Waals surface area contributed by atoms with E-state index in [1.165, 1.54) is 0 Å². The molecular weight excluding hydrogens is 364 g/mol. The van der Waals surface area contributed by atoms with Crippen molar-refractivity contribution in [3.8, 4) is 11.5 Å². The molecule has 6 heteroatoms. The standard InChI is InChI=1S/C21H23ClN2O3/c22-18-5-3-7-20-17(18)13-24(12-15-4-1-2-6-19(15)27-20)21(26)14-23-10-8-16(25)9-11-23/h1-7,16,25H,8-14H2. The topological polar surface area (TPSA) is 53.0 Å². The molecule has 2 aliphatic rings. The van der Waals surface area contributed by atoms with Gasteiger partial charge in [-0.05, 0) is 31.0 Å². The van der Waals surface area contributed by atoms with Gasteiger partial charge >= 0.3 is 0 Å². The zero-order valence-corrected chi connectivity index (χ0v) is 15.9. The maximum atomic E-state index is 13.1. The molecular formula is C21H23ClN2O3. The minimum atomic E-state index is -0.243. The van der Waals surface area contributed by atoms with Gasteiger partial charge in [-0.15, -0.1) is 0 Å². The number of carbonyl (C=O) groups is 1. The molecule has 0 unspecified atom stereocenters. The van der Waals surface area contributed by atoms with Crippen molar-refractivity contribution in [2.24, 2.45) is 0 Å². The molecule has 0 bridgehead atoms. The van der Waals surface area contributed by atoms with Crippen molar-refractivity contribution in [2.75, 3.05) is 19.6 Å². The number of halogens is 1. The summed E-state index contributed by atoms with van der Waals surface area (Å²) in [7, 11) is 0. The Balaban J connectivity index is 1.60. The number of hydrogen-bond donors (Lipinski definition) is 1. The van der Waals surface area contributed by atoms with Crippen LogP contribution < -0.4 is 4.74 Å². The van der Waals surface area contributed by atoms with Crippen LogP contribution >= 0.6 is 11.6 Å². The average molecular weight is 387 g/mol. The highest BCUT2D eigenvalue weighted by molar-refractivity contribution is 6.31. The number of amides is 1. The molecule has 1 saturated heterocycles. The van der Waals surface area contributed by atoms with Gasteiger partial charge in [-0.3, -0.25) is 9.69 Å². The lowest BCUT2D eigenvalue weighted by Crippen LogP contribution is -2.44. The summed E-state index contributed by atoms with van der Waals surface area (Å²) in [6, 6.07) is 13.4. The van der Waals surface area contributed by atoms with Crippen molar-refractivity contribution in [2.45, 2.75) is 32.0 Å². The summed E-state index contributed by atoms with van der Waals surface area (Å²) < 4.78 is 6.09. The Hall–Kier alpha value is -2.08. The molecule has 2 aromatic carbocycles. The molecule has 4 rings (SSSR count). The number of piperidine rings is 1. The van der Waals surface area contributed by atoms with Crippen molar-refractivity contribution in [1.82, 2.24) is 9.80 Å². The van der Waals surface area contributed by atoms with E-state index < -0.39 is 0 Å². The van der Waals surface area contributed by atoms with Crippen LogP contribution in [0.3, 0.4) is 0 Å². The molecule has 1 fully saturated rings. The maximum Gasteiger partial charge on any atom is 0.237 e. The molecule has 0 saturated carbocycles. The Morgan fingerprint density at radius 2 is 1.81 bits per heavy atom. The minimum absolute atomic E-state index is 0.0639. The van der Waals surface area contributed by atoms with Crippen LogP contribution in [0.25, 0.3) is 0 Å². The quantitative estimate of drug-likeness (QED) is 0.859. The first kappa shape index (κ1) is 18.3. The summed E-state index contributed by atoms with van der Waals surface area (Å²) in [6.07, 6.45) is 1.20. The van der Waals surface area contributed by atoms with Crippen molar-refractivity contribution in [1.29, 1.82) is 0 Å². The van der Waals surface area contributed by atoms with Crippen LogP contribution in [0.1, 0.15) is 24.0 Å². The number of carbonyl (C=O) groups excluding carboxylic acids is 1. The zero-order chi connectivity index (χ0) is 18.8. The van der Waals surface area contributed by atoms with Gasteiger partial charge in [0, 0.05) is 35.8 Å². The summed E-state index contributed by atoms with van der Waals surface area (Å²) in [6.45, 7) is 2.75. The molecule has 1 amide bonds. The summed E-state index contributed by atoms with van der Waals surface area (Å²) in [4.78, 5) is 17.0. The average Bonchev–Trinajstić information content (AvgIpc) is 2.64. The van der Waals surface area contributed by atoms with Crippen molar-refractivity contribution < 1.29 is 14.6 Å². The Kier molecular flexibility index (Phi) is 5.34. The highest BCUT2D eigenvalue weighted by atomic mass is 35.5. The van der Waals surface area contributed by atoms with Gasteiger partial charge in [0.05, 0.1) is 19.2 Å². The Morgan fingerprint density at radius 3 is 2.63 bits per heavy atom. The predicted octanol–water partition coefficient (Wildman–Crippen LogP) is 3.43. The van der Waals surface area contributed by atoms with Gasteiger partial charge in [0.1, 0.15) is 11.5 Å². The predicted molar refractivity (Wildman–Crippen MR) is 104 cm³/mol. The van der Waals surface area contributed by atoms with E-state index in [0.717, 1.165) is 42.8 Å². The third-order valence-corrected chi connectivity index (χ3v) is 5.60. The summed E-state index contributed by atoms with van der Waals surface area (Å²) in [5.74, 6) is 1.50. The van der Waals surface area contributed by atoms with Crippen LogP contribution in [0, 0.1) is 0 Å². The minimum Gasteiger partial charge on any atom is -0.457 e. The number of likely N-dealkylation sites (tertiary alicyclic amines) is 1. The first-order chi connectivity index (χ1) is 13.1. The van der Waals surface area contributed by atoms with Crippen LogP contribution in [0.15, 0.2) is 42.5 Å². The molecule has 5 nitrogen and oxygen atoms in total. The monoisotopic (exact) mass is 386 g/mol.